The minimum atomic E-state index is -0.506. The first kappa shape index (κ1) is 18.0. The molecule has 0 bridgehead atoms. The molecule has 1 aliphatic heterocycles. The van der Waals surface area contributed by atoms with Crippen LogP contribution in [0.2, 0.25) is 5.02 Å². The van der Waals surface area contributed by atoms with Crippen LogP contribution >= 0.6 is 11.6 Å². The Balaban J connectivity index is 1.82. The zero-order valence-corrected chi connectivity index (χ0v) is 14.6. The smallest absolute Gasteiger partial charge is 0.271 e. The number of hydrogen-bond donors (Lipinski definition) is 2. The predicted molar refractivity (Wildman–Crippen MR) is 100.0 cm³/mol. The van der Waals surface area contributed by atoms with Crippen LogP contribution in [0.4, 0.5) is 22.7 Å². The average Bonchev–Trinajstić information content (AvgIpc) is 2.64. The molecule has 26 heavy (non-hydrogen) atoms. The Kier molecular flexibility index (Phi) is 5.26. The Morgan fingerprint density at radius 1 is 1.27 bits per heavy atom. The highest BCUT2D eigenvalue weighted by Crippen LogP contribution is 2.32. The van der Waals surface area contributed by atoms with Gasteiger partial charge in [-0.2, -0.15) is 5.26 Å². The molecule has 1 aliphatic rings. The summed E-state index contributed by atoms with van der Waals surface area (Å²) in [5.41, 5.74) is 2.46. The number of hydrogen-bond acceptors (Lipinski definition) is 6. The van der Waals surface area contributed by atoms with Crippen molar-refractivity contribution >= 4 is 34.4 Å². The second-order valence-electron chi connectivity index (χ2n) is 6.11. The number of nitriles is 1. The number of benzene rings is 2. The molecule has 0 spiro atoms. The number of aliphatic hydroxyl groups is 1. The first-order valence-electron chi connectivity index (χ1n) is 8.16. The van der Waals surface area contributed by atoms with Crippen LogP contribution in [0.25, 0.3) is 0 Å². The van der Waals surface area contributed by atoms with Gasteiger partial charge in [0.1, 0.15) is 6.07 Å². The number of anilines is 3. The third kappa shape index (κ3) is 3.87. The molecule has 2 aromatic rings. The number of nitro groups is 1. The minimum absolute atomic E-state index is 0.0825. The van der Waals surface area contributed by atoms with Crippen LogP contribution in [0.1, 0.15) is 18.4 Å². The molecular weight excluding hydrogens is 356 g/mol. The lowest BCUT2D eigenvalue weighted by Crippen LogP contribution is -2.36. The SMILES string of the molecule is N#Cc1cc(Nc2ccc([N+](=O)[O-])cc2Cl)ccc1N1CCC(O)CC1. The summed E-state index contributed by atoms with van der Waals surface area (Å²) in [5, 5.41) is 33.2. The number of halogens is 1. The van der Waals surface area contributed by atoms with Gasteiger partial charge >= 0.3 is 0 Å². The van der Waals surface area contributed by atoms with Crippen LogP contribution in [-0.4, -0.2) is 29.2 Å². The molecule has 1 saturated heterocycles. The van der Waals surface area contributed by atoms with Crippen LogP contribution in [0, 0.1) is 21.4 Å². The van der Waals surface area contributed by atoms with Gasteiger partial charge < -0.3 is 15.3 Å². The summed E-state index contributed by atoms with van der Waals surface area (Å²) in [7, 11) is 0. The minimum Gasteiger partial charge on any atom is -0.393 e. The summed E-state index contributed by atoms with van der Waals surface area (Å²) in [6, 6.07) is 11.8. The van der Waals surface area contributed by atoms with Crippen molar-refractivity contribution in [3.05, 3.63) is 57.1 Å². The van der Waals surface area contributed by atoms with Gasteiger partial charge in [0.05, 0.1) is 33.0 Å². The number of rotatable bonds is 4. The lowest BCUT2D eigenvalue weighted by Gasteiger charge is -2.32. The maximum absolute atomic E-state index is 10.8. The van der Waals surface area contributed by atoms with Gasteiger partial charge in [0.15, 0.2) is 0 Å². The van der Waals surface area contributed by atoms with Gasteiger partial charge in [0.2, 0.25) is 0 Å². The molecule has 0 aromatic heterocycles. The molecule has 1 fully saturated rings. The summed E-state index contributed by atoms with van der Waals surface area (Å²) < 4.78 is 0. The first-order chi connectivity index (χ1) is 12.5. The fourth-order valence-electron chi connectivity index (χ4n) is 2.96. The third-order valence-corrected chi connectivity index (χ3v) is 4.68. The molecule has 8 heteroatoms. The standard InChI is InChI=1S/C18H17ClN4O3/c19-16-10-14(23(25)26)2-3-17(16)21-13-1-4-18(12(9-13)11-20)22-7-5-15(24)6-8-22/h1-4,9-10,15,21,24H,5-8H2. The molecule has 0 unspecified atom stereocenters. The molecule has 0 radical (unpaired) electrons. The lowest BCUT2D eigenvalue weighted by atomic mass is 10.0. The lowest BCUT2D eigenvalue weighted by molar-refractivity contribution is -0.384. The van der Waals surface area contributed by atoms with Crippen molar-refractivity contribution in [1.82, 2.24) is 0 Å². The zero-order valence-electron chi connectivity index (χ0n) is 13.9. The Morgan fingerprint density at radius 3 is 2.62 bits per heavy atom. The van der Waals surface area contributed by atoms with Crippen molar-refractivity contribution in [2.24, 2.45) is 0 Å². The molecule has 0 saturated carbocycles. The molecule has 0 atom stereocenters. The number of nitrogens with zero attached hydrogens (tertiary/aromatic N) is 3. The van der Waals surface area contributed by atoms with E-state index in [9.17, 15) is 20.5 Å². The highest BCUT2D eigenvalue weighted by molar-refractivity contribution is 6.33. The maximum atomic E-state index is 10.8. The van der Waals surface area contributed by atoms with Gasteiger partial charge in [0.25, 0.3) is 5.69 Å². The van der Waals surface area contributed by atoms with Crippen LogP contribution in [0.3, 0.4) is 0 Å². The van der Waals surface area contributed by atoms with E-state index in [1.165, 1.54) is 18.2 Å². The van der Waals surface area contributed by atoms with E-state index in [-0.39, 0.29) is 16.8 Å². The van der Waals surface area contributed by atoms with E-state index in [2.05, 4.69) is 16.3 Å². The largest absolute Gasteiger partial charge is 0.393 e. The second kappa shape index (κ2) is 7.60. The van der Waals surface area contributed by atoms with Crippen LogP contribution < -0.4 is 10.2 Å². The van der Waals surface area contributed by atoms with Crippen molar-refractivity contribution in [2.45, 2.75) is 18.9 Å². The van der Waals surface area contributed by atoms with E-state index in [1.807, 2.05) is 12.1 Å². The maximum Gasteiger partial charge on any atom is 0.271 e. The van der Waals surface area contributed by atoms with Crippen LogP contribution in [-0.2, 0) is 0 Å². The van der Waals surface area contributed by atoms with Crippen molar-refractivity contribution in [3.63, 3.8) is 0 Å². The fourth-order valence-corrected chi connectivity index (χ4v) is 3.18. The summed E-state index contributed by atoms with van der Waals surface area (Å²) in [6.07, 6.45) is 1.09. The Hall–Kier alpha value is -2.82. The molecule has 1 heterocycles. The van der Waals surface area contributed by atoms with E-state index in [0.29, 0.717) is 42.9 Å². The highest BCUT2D eigenvalue weighted by atomic mass is 35.5. The Bertz CT molecular complexity index is 873. The van der Waals surface area contributed by atoms with E-state index >= 15 is 0 Å². The topological polar surface area (TPSA) is 102 Å². The number of aliphatic hydroxyl groups excluding tert-OH is 1. The Morgan fingerprint density at radius 2 is 2.00 bits per heavy atom. The first-order valence-corrected chi connectivity index (χ1v) is 8.54. The number of nitro benzene ring substituents is 1. The monoisotopic (exact) mass is 372 g/mol. The van der Waals surface area contributed by atoms with Gasteiger partial charge in [-0.05, 0) is 37.1 Å². The normalized spacial score (nSPS) is 14.7. The average molecular weight is 373 g/mol. The second-order valence-corrected chi connectivity index (χ2v) is 6.52. The van der Waals surface area contributed by atoms with Gasteiger partial charge in [-0.15, -0.1) is 0 Å². The summed E-state index contributed by atoms with van der Waals surface area (Å²) in [5.74, 6) is 0. The van der Waals surface area contributed by atoms with Crippen molar-refractivity contribution in [2.75, 3.05) is 23.3 Å². The number of piperidine rings is 1. The molecule has 0 amide bonds. The van der Waals surface area contributed by atoms with Gasteiger partial charge in [-0.3, -0.25) is 10.1 Å². The van der Waals surface area contributed by atoms with Crippen molar-refractivity contribution in [1.29, 1.82) is 5.26 Å². The summed E-state index contributed by atoms with van der Waals surface area (Å²) in [6.45, 7) is 1.41. The van der Waals surface area contributed by atoms with Crippen molar-refractivity contribution < 1.29 is 10.0 Å². The van der Waals surface area contributed by atoms with Gasteiger partial charge in [0, 0.05) is 30.9 Å². The summed E-state index contributed by atoms with van der Waals surface area (Å²) >= 11 is 6.10. The summed E-state index contributed by atoms with van der Waals surface area (Å²) in [4.78, 5) is 12.4. The van der Waals surface area contributed by atoms with Crippen LogP contribution in [0.15, 0.2) is 36.4 Å². The molecule has 2 aromatic carbocycles. The number of non-ortho nitro benzene ring substituents is 1. The zero-order chi connectivity index (χ0) is 18.7. The molecule has 3 rings (SSSR count). The molecule has 134 valence electrons. The van der Waals surface area contributed by atoms with Gasteiger partial charge in [-0.25, -0.2) is 0 Å². The molecule has 0 aliphatic carbocycles. The third-order valence-electron chi connectivity index (χ3n) is 4.36. The van der Waals surface area contributed by atoms with Crippen molar-refractivity contribution in [3.8, 4) is 6.07 Å². The van der Waals surface area contributed by atoms with Crippen LogP contribution in [0.5, 0.6) is 0 Å². The molecule has 7 nitrogen and oxygen atoms in total. The van der Waals surface area contributed by atoms with Gasteiger partial charge in [-0.1, -0.05) is 11.6 Å². The fraction of sp³-hybridized carbons (Fsp3) is 0.278. The Labute approximate surface area is 155 Å². The number of nitrogens with one attached hydrogen (secondary N) is 1. The molecule has 2 N–H and O–H groups in total. The van der Waals surface area contributed by atoms with E-state index < -0.39 is 4.92 Å². The molecular formula is C18H17ClN4O3. The van der Waals surface area contributed by atoms with E-state index in [4.69, 9.17) is 11.6 Å². The quantitative estimate of drug-likeness (QED) is 0.624. The highest BCUT2D eigenvalue weighted by Gasteiger charge is 2.19. The predicted octanol–water partition coefficient (Wildman–Crippen LogP) is 3.82. The van der Waals surface area contributed by atoms with E-state index in [0.717, 1.165) is 5.69 Å². The van der Waals surface area contributed by atoms with E-state index in [1.54, 1.807) is 6.07 Å².